The van der Waals surface area contributed by atoms with Crippen molar-refractivity contribution in [2.24, 2.45) is 0 Å². The summed E-state index contributed by atoms with van der Waals surface area (Å²) in [7, 11) is 0. The third-order valence-corrected chi connectivity index (χ3v) is 3.41. The predicted molar refractivity (Wildman–Crippen MR) is 80.9 cm³/mol. The normalized spacial score (nSPS) is 12.2. The second kappa shape index (κ2) is 6.20. The van der Waals surface area contributed by atoms with Gasteiger partial charge in [0.25, 0.3) is 0 Å². The van der Waals surface area contributed by atoms with E-state index in [-0.39, 0.29) is 0 Å². The van der Waals surface area contributed by atoms with E-state index in [2.05, 4.69) is 61.7 Å². The average molecular weight is 236 g/mol. The fourth-order valence-electron chi connectivity index (χ4n) is 2.34. The molecule has 2 aromatic carbocycles. The summed E-state index contributed by atoms with van der Waals surface area (Å²) >= 11 is 0. The molecule has 0 heterocycles. The Bertz CT molecular complexity index is 536. The van der Waals surface area contributed by atoms with Crippen molar-refractivity contribution in [1.82, 2.24) is 0 Å². The lowest BCUT2D eigenvalue weighted by Gasteiger charge is -2.13. The Morgan fingerprint density at radius 2 is 1.78 bits per heavy atom. The molecule has 0 bridgehead atoms. The summed E-state index contributed by atoms with van der Waals surface area (Å²) in [5, 5.41) is 2.61. The van der Waals surface area contributed by atoms with Crippen LogP contribution in [-0.2, 0) is 0 Å². The van der Waals surface area contributed by atoms with Crippen LogP contribution >= 0.6 is 0 Å². The van der Waals surface area contributed by atoms with Gasteiger partial charge in [0.1, 0.15) is 0 Å². The van der Waals surface area contributed by atoms with Gasteiger partial charge in [0, 0.05) is 5.92 Å². The highest BCUT2D eigenvalue weighted by molar-refractivity contribution is 5.83. The lowest BCUT2D eigenvalue weighted by Crippen LogP contribution is -1.95. The van der Waals surface area contributed by atoms with Crippen molar-refractivity contribution in [3.05, 3.63) is 73.3 Å². The van der Waals surface area contributed by atoms with Gasteiger partial charge in [-0.1, -0.05) is 54.6 Å². The standard InChI is InChI=1S/C18H20/c1-3-5-6-9-15(4-2)18-13-12-16-10-7-8-11-17(16)14-18/h3-4,7-8,10-15H,1-2,5-6,9H2/t15-/m1/s1. The van der Waals surface area contributed by atoms with E-state index in [1.807, 2.05) is 6.08 Å². The van der Waals surface area contributed by atoms with E-state index in [0.29, 0.717) is 5.92 Å². The Morgan fingerprint density at radius 3 is 2.50 bits per heavy atom. The summed E-state index contributed by atoms with van der Waals surface area (Å²) in [4.78, 5) is 0. The predicted octanol–water partition coefficient (Wildman–Crippen LogP) is 5.47. The third-order valence-electron chi connectivity index (χ3n) is 3.41. The number of unbranched alkanes of at least 4 members (excludes halogenated alkanes) is 1. The molecule has 0 aliphatic rings. The van der Waals surface area contributed by atoms with E-state index in [1.54, 1.807) is 0 Å². The number of fused-ring (bicyclic) bond motifs is 1. The quantitative estimate of drug-likeness (QED) is 0.461. The zero-order valence-electron chi connectivity index (χ0n) is 10.8. The molecule has 18 heavy (non-hydrogen) atoms. The van der Waals surface area contributed by atoms with E-state index >= 15 is 0 Å². The molecular weight excluding hydrogens is 216 g/mol. The SMILES string of the molecule is C=CCCC[C@@H](C=C)c1ccc2ccccc2c1. The first-order valence-corrected chi connectivity index (χ1v) is 6.57. The van der Waals surface area contributed by atoms with Gasteiger partial charge in [-0.3, -0.25) is 0 Å². The molecule has 1 atom stereocenters. The van der Waals surface area contributed by atoms with Crippen LogP contribution in [0.25, 0.3) is 10.8 Å². The van der Waals surface area contributed by atoms with Crippen LogP contribution in [0.15, 0.2) is 67.8 Å². The van der Waals surface area contributed by atoms with Crippen molar-refractivity contribution >= 4 is 10.8 Å². The topological polar surface area (TPSA) is 0 Å². The number of hydrogen-bond acceptors (Lipinski definition) is 0. The summed E-state index contributed by atoms with van der Waals surface area (Å²) in [5.41, 5.74) is 1.37. The second-order valence-corrected chi connectivity index (χ2v) is 4.67. The summed E-state index contributed by atoms with van der Waals surface area (Å²) in [6.45, 7) is 7.74. The fourth-order valence-corrected chi connectivity index (χ4v) is 2.34. The molecule has 0 spiro atoms. The molecule has 0 unspecified atom stereocenters. The largest absolute Gasteiger partial charge is 0.103 e. The summed E-state index contributed by atoms with van der Waals surface area (Å²) < 4.78 is 0. The molecule has 2 rings (SSSR count). The zero-order valence-corrected chi connectivity index (χ0v) is 10.8. The van der Waals surface area contributed by atoms with Crippen LogP contribution in [0.3, 0.4) is 0 Å². The highest BCUT2D eigenvalue weighted by atomic mass is 14.1. The molecule has 0 aromatic heterocycles. The van der Waals surface area contributed by atoms with Gasteiger partial charge in [0.2, 0.25) is 0 Å². The molecule has 0 aliphatic heterocycles. The minimum atomic E-state index is 0.453. The lowest BCUT2D eigenvalue weighted by molar-refractivity contribution is 0.686. The molecule has 0 amide bonds. The first-order valence-electron chi connectivity index (χ1n) is 6.57. The van der Waals surface area contributed by atoms with Crippen LogP contribution in [0, 0.1) is 0 Å². The first-order chi connectivity index (χ1) is 8.85. The zero-order chi connectivity index (χ0) is 12.8. The highest BCUT2D eigenvalue weighted by Crippen LogP contribution is 2.26. The van der Waals surface area contributed by atoms with Crippen LogP contribution in [0.5, 0.6) is 0 Å². The number of hydrogen-bond donors (Lipinski definition) is 0. The van der Waals surface area contributed by atoms with Gasteiger partial charge < -0.3 is 0 Å². The van der Waals surface area contributed by atoms with Crippen LogP contribution in [0.4, 0.5) is 0 Å². The van der Waals surface area contributed by atoms with Crippen molar-refractivity contribution in [2.75, 3.05) is 0 Å². The van der Waals surface area contributed by atoms with Crippen LogP contribution in [-0.4, -0.2) is 0 Å². The van der Waals surface area contributed by atoms with Gasteiger partial charge in [-0.2, -0.15) is 0 Å². The molecule has 0 saturated heterocycles. The van der Waals surface area contributed by atoms with Crippen molar-refractivity contribution in [3.63, 3.8) is 0 Å². The smallest absolute Gasteiger partial charge is 0.00156 e. The summed E-state index contributed by atoms with van der Waals surface area (Å²) in [5.74, 6) is 0.453. The molecule has 0 nitrogen and oxygen atoms in total. The number of rotatable bonds is 6. The van der Waals surface area contributed by atoms with E-state index < -0.39 is 0 Å². The van der Waals surface area contributed by atoms with Crippen LogP contribution in [0.2, 0.25) is 0 Å². The molecule has 0 N–H and O–H groups in total. The monoisotopic (exact) mass is 236 g/mol. The van der Waals surface area contributed by atoms with Crippen LogP contribution in [0.1, 0.15) is 30.7 Å². The van der Waals surface area contributed by atoms with E-state index in [1.165, 1.54) is 22.8 Å². The number of benzene rings is 2. The van der Waals surface area contributed by atoms with Crippen LogP contribution < -0.4 is 0 Å². The average Bonchev–Trinajstić information content (AvgIpc) is 2.43. The molecule has 92 valence electrons. The Balaban J connectivity index is 2.22. The van der Waals surface area contributed by atoms with Gasteiger partial charge >= 0.3 is 0 Å². The molecule has 0 radical (unpaired) electrons. The van der Waals surface area contributed by atoms with Crippen molar-refractivity contribution in [1.29, 1.82) is 0 Å². The van der Waals surface area contributed by atoms with Gasteiger partial charge in [0.15, 0.2) is 0 Å². The first kappa shape index (κ1) is 12.6. The van der Waals surface area contributed by atoms with E-state index in [4.69, 9.17) is 0 Å². The molecule has 0 fully saturated rings. The second-order valence-electron chi connectivity index (χ2n) is 4.67. The minimum absolute atomic E-state index is 0.453. The Kier molecular flexibility index (Phi) is 4.35. The third kappa shape index (κ3) is 2.89. The maximum atomic E-state index is 3.97. The van der Waals surface area contributed by atoms with Gasteiger partial charge in [0.05, 0.1) is 0 Å². The van der Waals surface area contributed by atoms with Crippen molar-refractivity contribution < 1.29 is 0 Å². The van der Waals surface area contributed by atoms with E-state index in [0.717, 1.165) is 12.8 Å². The Hall–Kier alpha value is -1.82. The summed E-state index contributed by atoms with van der Waals surface area (Å²) in [6.07, 6.45) is 7.45. The molecule has 0 aliphatic carbocycles. The fraction of sp³-hybridized carbons (Fsp3) is 0.222. The van der Waals surface area contributed by atoms with Gasteiger partial charge in [-0.15, -0.1) is 13.2 Å². The van der Waals surface area contributed by atoms with E-state index in [9.17, 15) is 0 Å². The molecule has 2 aromatic rings. The summed E-state index contributed by atoms with van der Waals surface area (Å²) in [6, 6.07) is 15.2. The highest BCUT2D eigenvalue weighted by Gasteiger charge is 2.07. The maximum absolute atomic E-state index is 3.97. The van der Waals surface area contributed by atoms with Crippen molar-refractivity contribution in [3.8, 4) is 0 Å². The van der Waals surface area contributed by atoms with Gasteiger partial charge in [-0.05, 0) is 35.6 Å². The maximum Gasteiger partial charge on any atom is 0.00156 e. The molecular formula is C18H20. The van der Waals surface area contributed by atoms with Gasteiger partial charge in [-0.25, -0.2) is 0 Å². The number of allylic oxidation sites excluding steroid dienone is 2. The Labute approximate surface area is 110 Å². The van der Waals surface area contributed by atoms with Crippen molar-refractivity contribution in [2.45, 2.75) is 25.2 Å². The molecule has 0 heteroatoms. The minimum Gasteiger partial charge on any atom is -0.103 e. The lowest BCUT2D eigenvalue weighted by atomic mass is 9.92. The Morgan fingerprint density at radius 1 is 1.00 bits per heavy atom. The molecule has 0 saturated carbocycles.